The second-order valence-electron chi connectivity index (χ2n) is 7.74. The van der Waals surface area contributed by atoms with Crippen LogP contribution in [-0.4, -0.2) is 41.0 Å². The molecular weight excluding hydrogens is 572 g/mol. The van der Waals surface area contributed by atoms with Gasteiger partial charge in [0.25, 0.3) is 0 Å². The highest BCUT2D eigenvalue weighted by molar-refractivity contribution is 9.11. The SMILES string of the molecule is S=C(c1cc(Br)c(OCc2ccc(Cl)cc2)c(Br)c1)N1CCN(Cc2ccccc2)CC1. The quantitative estimate of drug-likeness (QED) is 0.287. The van der Waals surface area contributed by atoms with Gasteiger partial charge in [0.15, 0.2) is 0 Å². The van der Waals surface area contributed by atoms with Gasteiger partial charge in [0.2, 0.25) is 0 Å². The van der Waals surface area contributed by atoms with Crippen LogP contribution in [0.3, 0.4) is 0 Å². The molecule has 4 rings (SSSR count). The normalized spacial score (nSPS) is 14.4. The van der Waals surface area contributed by atoms with E-state index in [4.69, 9.17) is 28.6 Å². The van der Waals surface area contributed by atoms with Crippen LogP contribution in [0, 0.1) is 0 Å². The van der Waals surface area contributed by atoms with Gasteiger partial charge in [0, 0.05) is 43.3 Å². The minimum absolute atomic E-state index is 0.460. The molecule has 166 valence electrons. The maximum absolute atomic E-state index is 6.04. The van der Waals surface area contributed by atoms with E-state index in [2.05, 4.69) is 72.0 Å². The third-order valence-electron chi connectivity index (χ3n) is 5.45. The molecule has 0 radical (unpaired) electrons. The minimum Gasteiger partial charge on any atom is -0.487 e. The molecular formula is C25H23Br2ClN2OS. The fourth-order valence-electron chi connectivity index (χ4n) is 3.69. The number of thiocarbonyl (C=S) groups is 1. The average molecular weight is 595 g/mol. The second-order valence-corrected chi connectivity index (χ2v) is 10.3. The molecule has 1 saturated heterocycles. The molecule has 1 aliphatic rings. The summed E-state index contributed by atoms with van der Waals surface area (Å²) in [5.41, 5.74) is 3.42. The van der Waals surface area contributed by atoms with Gasteiger partial charge in [0.1, 0.15) is 17.3 Å². The summed E-state index contributed by atoms with van der Waals surface area (Å²) in [4.78, 5) is 5.64. The van der Waals surface area contributed by atoms with Crippen molar-refractivity contribution in [2.75, 3.05) is 26.2 Å². The minimum atomic E-state index is 0.460. The Bertz CT molecular complexity index is 1050. The van der Waals surface area contributed by atoms with Gasteiger partial charge >= 0.3 is 0 Å². The largest absolute Gasteiger partial charge is 0.487 e. The predicted molar refractivity (Wildman–Crippen MR) is 143 cm³/mol. The van der Waals surface area contributed by atoms with Crippen LogP contribution in [0.2, 0.25) is 5.02 Å². The highest BCUT2D eigenvalue weighted by atomic mass is 79.9. The van der Waals surface area contributed by atoms with E-state index in [1.165, 1.54) is 5.56 Å². The van der Waals surface area contributed by atoms with E-state index in [0.29, 0.717) is 6.61 Å². The maximum Gasteiger partial charge on any atom is 0.148 e. The zero-order chi connectivity index (χ0) is 22.5. The lowest BCUT2D eigenvalue weighted by Gasteiger charge is -2.36. The Morgan fingerprint density at radius 2 is 1.50 bits per heavy atom. The first-order chi connectivity index (χ1) is 15.5. The van der Waals surface area contributed by atoms with E-state index < -0.39 is 0 Å². The van der Waals surface area contributed by atoms with E-state index >= 15 is 0 Å². The number of rotatable bonds is 6. The summed E-state index contributed by atoms with van der Waals surface area (Å²) in [6.45, 7) is 5.30. The molecule has 0 bridgehead atoms. The van der Waals surface area contributed by atoms with Crippen LogP contribution < -0.4 is 4.74 Å². The second kappa shape index (κ2) is 11.1. The van der Waals surface area contributed by atoms with Crippen LogP contribution >= 0.6 is 55.7 Å². The van der Waals surface area contributed by atoms with Crippen molar-refractivity contribution >= 4 is 60.7 Å². The third-order valence-corrected chi connectivity index (χ3v) is 7.37. The van der Waals surface area contributed by atoms with E-state index in [0.717, 1.165) is 68.6 Å². The van der Waals surface area contributed by atoms with Crippen molar-refractivity contribution < 1.29 is 4.74 Å². The summed E-state index contributed by atoms with van der Waals surface area (Å²) >= 11 is 19.1. The lowest BCUT2D eigenvalue weighted by atomic mass is 10.1. The lowest BCUT2D eigenvalue weighted by molar-refractivity contribution is 0.177. The predicted octanol–water partition coefficient (Wildman–Crippen LogP) is 6.94. The molecule has 3 aromatic carbocycles. The Hall–Kier alpha value is -1.44. The van der Waals surface area contributed by atoms with Gasteiger partial charge in [0.05, 0.1) is 8.95 Å². The molecule has 1 aliphatic heterocycles. The molecule has 0 N–H and O–H groups in total. The molecule has 3 nitrogen and oxygen atoms in total. The van der Waals surface area contributed by atoms with Crippen molar-refractivity contribution in [2.45, 2.75) is 13.2 Å². The van der Waals surface area contributed by atoms with Crippen LogP contribution in [0.25, 0.3) is 0 Å². The monoisotopic (exact) mass is 592 g/mol. The number of piperazine rings is 1. The number of benzene rings is 3. The molecule has 1 fully saturated rings. The maximum atomic E-state index is 6.04. The molecule has 32 heavy (non-hydrogen) atoms. The summed E-state index contributed by atoms with van der Waals surface area (Å²) in [6, 6.07) is 22.4. The summed E-state index contributed by atoms with van der Waals surface area (Å²) < 4.78 is 7.80. The van der Waals surface area contributed by atoms with Crippen molar-refractivity contribution in [3.8, 4) is 5.75 Å². The molecule has 7 heteroatoms. The van der Waals surface area contributed by atoms with Crippen LogP contribution in [0.5, 0.6) is 5.75 Å². The van der Waals surface area contributed by atoms with Crippen molar-refractivity contribution in [2.24, 2.45) is 0 Å². The van der Waals surface area contributed by atoms with E-state index in [1.54, 1.807) is 0 Å². The first-order valence-electron chi connectivity index (χ1n) is 10.4. The Labute approximate surface area is 216 Å². The molecule has 1 heterocycles. The van der Waals surface area contributed by atoms with Crippen molar-refractivity contribution in [1.82, 2.24) is 9.80 Å². The van der Waals surface area contributed by atoms with Gasteiger partial charge in [-0.15, -0.1) is 0 Å². The Kier molecular flexibility index (Phi) is 8.24. The standard InChI is InChI=1S/C25H23Br2ClN2OS/c26-22-14-20(15-23(27)24(22)31-17-19-6-8-21(28)9-7-19)25(32)30-12-10-29(11-13-30)16-18-4-2-1-3-5-18/h1-9,14-15H,10-13,16-17H2. The summed E-state index contributed by atoms with van der Waals surface area (Å²) in [6.07, 6.45) is 0. The number of halogens is 3. The van der Waals surface area contributed by atoms with Gasteiger partial charge in [-0.1, -0.05) is 66.3 Å². The molecule has 0 spiro atoms. The molecule has 3 aromatic rings. The van der Waals surface area contributed by atoms with Crippen molar-refractivity contribution in [3.63, 3.8) is 0 Å². The first kappa shape index (κ1) is 23.7. The molecule has 0 atom stereocenters. The van der Waals surface area contributed by atoms with E-state index in [-0.39, 0.29) is 0 Å². The number of hydrogen-bond donors (Lipinski definition) is 0. The Morgan fingerprint density at radius 3 is 2.12 bits per heavy atom. The fraction of sp³-hybridized carbons (Fsp3) is 0.240. The smallest absolute Gasteiger partial charge is 0.148 e. The zero-order valence-electron chi connectivity index (χ0n) is 17.4. The van der Waals surface area contributed by atoms with Gasteiger partial charge in [-0.2, -0.15) is 0 Å². The van der Waals surface area contributed by atoms with Gasteiger partial charge in [-0.05, 0) is 67.3 Å². The van der Waals surface area contributed by atoms with Crippen molar-refractivity contribution in [3.05, 3.63) is 97.4 Å². The summed E-state index contributed by atoms with van der Waals surface area (Å²) in [5, 5.41) is 0.717. The van der Waals surface area contributed by atoms with E-state index in [9.17, 15) is 0 Å². The van der Waals surface area contributed by atoms with Crippen LogP contribution in [0.4, 0.5) is 0 Å². The highest BCUT2D eigenvalue weighted by Crippen LogP contribution is 2.36. The van der Waals surface area contributed by atoms with Crippen LogP contribution in [-0.2, 0) is 13.2 Å². The Balaban J connectivity index is 1.36. The molecule has 0 amide bonds. The van der Waals surface area contributed by atoms with Crippen molar-refractivity contribution in [1.29, 1.82) is 0 Å². The molecule has 0 saturated carbocycles. The fourth-order valence-corrected chi connectivity index (χ4v) is 5.53. The van der Waals surface area contributed by atoms with Crippen LogP contribution in [0.15, 0.2) is 75.7 Å². The van der Waals surface area contributed by atoms with Gasteiger partial charge in [-0.3, -0.25) is 4.90 Å². The number of ether oxygens (including phenoxy) is 1. The molecule has 0 aromatic heterocycles. The van der Waals surface area contributed by atoms with E-state index in [1.807, 2.05) is 36.4 Å². The number of nitrogens with zero attached hydrogens (tertiary/aromatic N) is 2. The highest BCUT2D eigenvalue weighted by Gasteiger charge is 2.21. The summed E-state index contributed by atoms with van der Waals surface area (Å²) in [5.74, 6) is 0.763. The molecule has 0 unspecified atom stereocenters. The summed E-state index contributed by atoms with van der Waals surface area (Å²) in [7, 11) is 0. The molecule has 0 aliphatic carbocycles. The first-order valence-corrected chi connectivity index (χ1v) is 12.8. The third kappa shape index (κ3) is 6.12. The van der Waals surface area contributed by atoms with Crippen LogP contribution in [0.1, 0.15) is 16.7 Å². The average Bonchev–Trinajstić information content (AvgIpc) is 2.80. The number of hydrogen-bond acceptors (Lipinski definition) is 3. The Morgan fingerprint density at radius 1 is 0.875 bits per heavy atom. The van der Waals surface area contributed by atoms with Gasteiger partial charge in [-0.25, -0.2) is 0 Å². The van der Waals surface area contributed by atoms with Gasteiger partial charge < -0.3 is 9.64 Å². The topological polar surface area (TPSA) is 15.7 Å². The zero-order valence-corrected chi connectivity index (χ0v) is 22.2. The lowest BCUT2D eigenvalue weighted by Crippen LogP contribution is -2.48.